The molecule has 0 heterocycles. The van der Waals surface area contributed by atoms with Crippen molar-refractivity contribution < 1.29 is 29.2 Å². The molecule has 10 nitrogen and oxygen atoms in total. The Hall–Kier alpha value is -2.52. The molecule has 2 atom stereocenters. The standard InChI is InChI=1S/C17H33N5O5/c1-10(2)9-12(22-16(26)27-17(3,4)5)13(23)21-11(14(24)25)7-6-8-20-15(18)19/h10-12H,6-9H2,1-5H3,(H,21,23)(H,22,26)(H,24,25)(H4,18,19,20)/t11-,12+/m0/s1. The van der Waals surface area contributed by atoms with Crippen LogP contribution in [0.2, 0.25) is 0 Å². The van der Waals surface area contributed by atoms with Gasteiger partial charge in [0.15, 0.2) is 0 Å². The van der Waals surface area contributed by atoms with Crippen LogP contribution in [0.3, 0.4) is 0 Å². The Kier molecular flexibility index (Phi) is 10.2. The molecule has 0 saturated carbocycles. The summed E-state index contributed by atoms with van der Waals surface area (Å²) >= 11 is 0. The van der Waals surface area contributed by atoms with E-state index in [9.17, 15) is 19.5 Å². The maximum Gasteiger partial charge on any atom is 0.408 e. The molecule has 0 radical (unpaired) electrons. The van der Waals surface area contributed by atoms with Crippen LogP contribution in [-0.4, -0.2) is 48.2 Å². The van der Waals surface area contributed by atoms with E-state index < -0.39 is 35.7 Å². The summed E-state index contributed by atoms with van der Waals surface area (Å²) in [6.07, 6.45) is 0.0947. The molecular weight excluding hydrogens is 354 g/mol. The van der Waals surface area contributed by atoms with Crippen LogP contribution >= 0.6 is 0 Å². The maximum absolute atomic E-state index is 12.5. The number of guanidine groups is 1. The molecule has 27 heavy (non-hydrogen) atoms. The number of nitrogens with one attached hydrogen (secondary N) is 3. The number of carboxylic acid groups (broad SMARTS) is 1. The Balaban J connectivity index is 4.93. The first-order chi connectivity index (χ1) is 12.3. The normalized spacial score (nSPS) is 13.4. The molecule has 156 valence electrons. The molecule has 0 aromatic rings. The molecule has 0 fully saturated rings. The fourth-order valence-corrected chi connectivity index (χ4v) is 2.21. The van der Waals surface area contributed by atoms with Crippen molar-refractivity contribution in [1.29, 1.82) is 0 Å². The number of carbonyl (C=O) groups excluding carboxylic acids is 3. The third-order valence-electron chi connectivity index (χ3n) is 3.31. The summed E-state index contributed by atoms with van der Waals surface area (Å²) in [5.41, 5.74) is 9.80. The van der Waals surface area contributed by atoms with Crippen LogP contribution in [0.4, 0.5) is 4.79 Å². The van der Waals surface area contributed by atoms with Gasteiger partial charge >= 0.3 is 12.1 Å². The quantitative estimate of drug-likeness (QED) is 0.154. The molecule has 2 amide bonds. The van der Waals surface area contributed by atoms with E-state index in [2.05, 4.69) is 15.6 Å². The van der Waals surface area contributed by atoms with Gasteiger partial charge in [-0.15, -0.1) is 0 Å². The summed E-state index contributed by atoms with van der Waals surface area (Å²) < 4.78 is 5.16. The van der Waals surface area contributed by atoms with Gasteiger partial charge in [-0.2, -0.15) is 0 Å². The zero-order chi connectivity index (χ0) is 21.2. The topological polar surface area (TPSA) is 174 Å². The first kappa shape index (κ1) is 24.5. The monoisotopic (exact) mass is 387 g/mol. The average Bonchev–Trinajstić information content (AvgIpc) is 2.46. The highest BCUT2D eigenvalue weighted by Crippen LogP contribution is 2.10. The summed E-state index contributed by atoms with van der Waals surface area (Å²) in [5.74, 6) is -1.90. The predicted molar refractivity (Wildman–Crippen MR) is 98.0 cm³/mol. The summed E-state index contributed by atoms with van der Waals surface area (Å²) in [6, 6.07) is -2.12. The minimum absolute atomic E-state index is 0.0302. The Morgan fingerprint density at radius 3 is 2.15 bits per heavy atom. The zero-order valence-corrected chi connectivity index (χ0v) is 16.8. The lowest BCUT2D eigenvalue weighted by Gasteiger charge is -2.26. The van der Waals surface area contributed by atoms with Gasteiger partial charge in [0.05, 0.1) is 18.6 Å². The van der Waals surface area contributed by atoms with Gasteiger partial charge in [-0.3, -0.25) is 21.3 Å². The second-order valence-electron chi connectivity index (χ2n) is 7.73. The summed E-state index contributed by atoms with van der Waals surface area (Å²) in [5, 5.41) is 16.2. The van der Waals surface area contributed by atoms with Crippen molar-refractivity contribution in [3.8, 4) is 0 Å². The molecular formula is C17H33N5O5. The van der Waals surface area contributed by atoms with Crippen molar-refractivity contribution in [3.05, 3.63) is 0 Å². The van der Waals surface area contributed by atoms with Gasteiger partial charge in [-0.25, -0.2) is 4.79 Å². The molecule has 0 unspecified atom stereocenters. The zero-order valence-electron chi connectivity index (χ0n) is 16.8. The predicted octanol–water partition coefficient (Wildman–Crippen LogP) is -2.71. The molecule has 0 aromatic carbocycles. The fourth-order valence-electron chi connectivity index (χ4n) is 2.21. The van der Waals surface area contributed by atoms with E-state index in [0.717, 1.165) is 0 Å². The van der Waals surface area contributed by atoms with Crippen LogP contribution in [0, 0.1) is 5.92 Å². The molecule has 0 aliphatic rings. The molecule has 0 rings (SSSR count). The third kappa shape index (κ3) is 12.5. The minimum Gasteiger partial charge on any atom is -0.548 e. The molecule has 0 aromatic heterocycles. The number of hydrogen-bond acceptors (Lipinski definition) is 5. The van der Waals surface area contributed by atoms with Crippen LogP contribution in [0.1, 0.15) is 53.9 Å². The molecule has 0 aliphatic heterocycles. The van der Waals surface area contributed by atoms with Crippen molar-refractivity contribution >= 4 is 23.9 Å². The number of rotatable bonds is 10. The summed E-state index contributed by atoms with van der Waals surface area (Å²) in [6.45, 7) is 9.23. The second-order valence-corrected chi connectivity index (χ2v) is 7.73. The van der Waals surface area contributed by atoms with E-state index in [-0.39, 0.29) is 18.3 Å². The largest absolute Gasteiger partial charge is 0.548 e. The van der Waals surface area contributed by atoms with Gasteiger partial charge in [0.25, 0.3) is 0 Å². The highest BCUT2D eigenvalue weighted by atomic mass is 16.6. The SMILES string of the molecule is CC(C)C[C@@H](NC(=O)OC(C)(C)C)C(=O)N[C@@H](CCC[NH+]=C(N)N)C(=O)[O-]. The van der Waals surface area contributed by atoms with E-state index in [1.54, 1.807) is 20.8 Å². The number of aliphatic carboxylic acids is 1. The molecule has 0 bridgehead atoms. The summed E-state index contributed by atoms with van der Waals surface area (Å²) in [7, 11) is 0. The van der Waals surface area contributed by atoms with E-state index in [0.29, 0.717) is 19.4 Å². The number of amides is 2. The Morgan fingerprint density at radius 2 is 1.70 bits per heavy atom. The smallest absolute Gasteiger partial charge is 0.408 e. The molecule has 0 aliphatic carbocycles. The lowest BCUT2D eigenvalue weighted by molar-refractivity contribution is -0.459. The van der Waals surface area contributed by atoms with Crippen molar-refractivity contribution in [3.63, 3.8) is 0 Å². The Bertz CT molecular complexity index is 538. The number of nitrogens with two attached hydrogens (primary N) is 2. The van der Waals surface area contributed by atoms with Crippen molar-refractivity contribution in [1.82, 2.24) is 10.6 Å². The minimum atomic E-state index is -1.41. The van der Waals surface area contributed by atoms with Crippen LogP contribution in [0.5, 0.6) is 0 Å². The van der Waals surface area contributed by atoms with Gasteiger partial charge in [0.1, 0.15) is 11.6 Å². The molecule has 10 heteroatoms. The Labute approximate surface area is 160 Å². The highest BCUT2D eigenvalue weighted by Gasteiger charge is 2.27. The first-order valence-corrected chi connectivity index (χ1v) is 8.94. The average molecular weight is 387 g/mol. The Morgan fingerprint density at radius 1 is 1.11 bits per heavy atom. The van der Waals surface area contributed by atoms with Gasteiger partial charge in [0.2, 0.25) is 5.91 Å². The first-order valence-electron chi connectivity index (χ1n) is 8.94. The van der Waals surface area contributed by atoms with Crippen LogP contribution in [0.25, 0.3) is 0 Å². The van der Waals surface area contributed by atoms with E-state index in [1.807, 2.05) is 13.8 Å². The lowest BCUT2D eigenvalue weighted by Crippen LogP contribution is -2.78. The second kappa shape index (κ2) is 11.2. The van der Waals surface area contributed by atoms with Gasteiger partial charge in [-0.1, -0.05) is 13.8 Å². The third-order valence-corrected chi connectivity index (χ3v) is 3.31. The molecule has 0 spiro atoms. The number of hydrogen-bond donors (Lipinski definition) is 5. The van der Waals surface area contributed by atoms with E-state index in [1.165, 1.54) is 0 Å². The molecule has 0 saturated heterocycles. The number of ether oxygens (including phenoxy) is 1. The van der Waals surface area contributed by atoms with E-state index in [4.69, 9.17) is 16.2 Å². The number of carboxylic acids is 1. The van der Waals surface area contributed by atoms with Crippen molar-refractivity contribution in [2.45, 2.75) is 71.6 Å². The van der Waals surface area contributed by atoms with Crippen LogP contribution in [0.15, 0.2) is 0 Å². The highest BCUT2D eigenvalue weighted by molar-refractivity contribution is 5.88. The van der Waals surface area contributed by atoms with Crippen molar-refractivity contribution in [2.75, 3.05) is 6.54 Å². The lowest BCUT2D eigenvalue weighted by atomic mass is 10.0. The maximum atomic E-state index is 12.5. The number of carbonyl (C=O) groups is 3. The van der Waals surface area contributed by atoms with Gasteiger partial charge in [0, 0.05) is 0 Å². The summed E-state index contributed by atoms with van der Waals surface area (Å²) in [4.78, 5) is 38.4. The van der Waals surface area contributed by atoms with Gasteiger partial charge in [-0.05, 0) is 46.0 Å². The van der Waals surface area contributed by atoms with Crippen LogP contribution in [-0.2, 0) is 14.3 Å². The van der Waals surface area contributed by atoms with E-state index >= 15 is 0 Å². The molecule has 7 N–H and O–H groups in total. The fraction of sp³-hybridized carbons (Fsp3) is 0.765. The van der Waals surface area contributed by atoms with Crippen LogP contribution < -0.4 is 32.2 Å². The number of alkyl carbamates (subject to hydrolysis) is 1. The van der Waals surface area contributed by atoms with Gasteiger partial charge < -0.3 is 25.3 Å². The van der Waals surface area contributed by atoms with Crippen molar-refractivity contribution in [2.24, 2.45) is 17.4 Å².